The Bertz CT molecular complexity index is 1040. The maximum Gasteiger partial charge on any atom is 0.271 e. The maximum absolute atomic E-state index is 12.4. The molecule has 0 radical (unpaired) electrons. The Morgan fingerprint density at radius 1 is 0.909 bits per heavy atom. The molecular weight excluding hydrogens is 412 g/mol. The van der Waals surface area contributed by atoms with E-state index in [1.54, 1.807) is 30.3 Å². The molecule has 0 aromatic heterocycles. The molecule has 0 bridgehead atoms. The summed E-state index contributed by atoms with van der Waals surface area (Å²) >= 11 is 0. The summed E-state index contributed by atoms with van der Waals surface area (Å²) in [6.45, 7) is 2.93. The van der Waals surface area contributed by atoms with Crippen LogP contribution in [0.3, 0.4) is 0 Å². The van der Waals surface area contributed by atoms with Crippen LogP contribution in [0.2, 0.25) is 0 Å². The summed E-state index contributed by atoms with van der Waals surface area (Å²) in [6, 6.07) is 18.2. The summed E-state index contributed by atoms with van der Waals surface area (Å²) in [5.41, 5.74) is 3.58. The number of amides is 1. The van der Waals surface area contributed by atoms with E-state index in [1.165, 1.54) is 51.2 Å². The fourth-order valence-electron chi connectivity index (χ4n) is 3.77. The first-order valence-corrected chi connectivity index (χ1v) is 12.0. The molecule has 3 aromatic rings. The average molecular weight is 447 g/mol. The summed E-state index contributed by atoms with van der Waals surface area (Å²) < 4.78 is 5.79. The number of hydrogen-bond donors (Lipinski definition) is 2. The van der Waals surface area contributed by atoms with Crippen LogP contribution in [0.25, 0.3) is 10.8 Å². The number of hydrogen-bond acceptors (Lipinski definition) is 4. The molecule has 0 saturated carbocycles. The van der Waals surface area contributed by atoms with Crippen LogP contribution in [0.15, 0.2) is 65.8 Å². The molecule has 0 saturated heterocycles. The van der Waals surface area contributed by atoms with E-state index >= 15 is 0 Å². The molecule has 33 heavy (non-hydrogen) atoms. The number of carbonyl (C=O) groups is 1. The van der Waals surface area contributed by atoms with Crippen LogP contribution in [0.4, 0.5) is 0 Å². The molecule has 3 rings (SSSR count). The van der Waals surface area contributed by atoms with Gasteiger partial charge in [-0.2, -0.15) is 5.10 Å². The number of aromatic hydroxyl groups is 1. The lowest BCUT2D eigenvalue weighted by atomic mass is 10.0. The van der Waals surface area contributed by atoms with Crippen molar-refractivity contribution in [2.24, 2.45) is 5.10 Å². The molecule has 2 N–H and O–H groups in total. The number of benzene rings is 3. The van der Waals surface area contributed by atoms with Gasteiger partial charge in [-0.15, -0.1) is 0 Å². The van der Waals surface area contributed by atoms with E-state index in [4.69, 9.17) is 4.74 Å². The number of unbranched alkanes of at least 4 members (excludes halogenated alkanes) is 7. The lowest BCUT2D eigenvalue weighted by Gasteiger charge is -2.07. The second-order valence-corrected chi connectivity index (χ2v) is 8.27. The van der Waals surface area contributed by atoms with Gasteiger partial charge in [0.05, 0.1) is 12.8 Å². The molecule has 0 atom stereocenters. The molecule has 0 aliphatic heterocycles. The van der Waals surface area contributed by atoms with E-state index in [2.05, 4.69) is 17.5 Å². The molecule has 174 valence electrons. The van der Waals surface area contributed by atoms with Gasteiger partial charge >= 0.3 is 0 Å². The van der Waals surface area contributed by atoms with E-state index in [1.807, 2.05) is 30.3 Å². The minimum absolute atomic E-state index is 0.115. The largest absolute Gasteiger partial charge is 0.507 e. The molecule has 0 aliphatic rings. The molecule has 3 aromatic carbocycles. The number of hydrazone groups is 1. The van der Waals surface area contributed by atoms with Gasteiger partial charge in [0.15, 0.2) is 0 Å². The highest BCUT2D eigenvalue weighted by molar-refractivity contribution is 6.03. The van der Waals surface area contributed by atoms with Crippen LogP contribution >= 0.6 is 0 Å². The number of nitrogens with one attached hydrogen (secondary N) is 1. The first kappa shape index (κ1) is 24.3. The normalized spacial score (nSPS) is 11.2. The van der Waals surface area contributed by atoms with E-state index < -0.39 is 0 Å². The monoisotopic (exact) mass is 446 g/mol. The molecule has 0 spiro atoms. The fourth-order valence-corrected chi connectivity index (χ4v) is 3.77. The standard InChI is InChI=1S/C28H34N2O3/c1-2-3-4-5-6-7-8-11-20-33-24-17-14-23(15-18-24)28(32)30-29-21-26-25-13-10-9-12-22(25)16-19-27(26)31/h9-10,12-19,21,31H,2-8,11,20H2,1H3,(H,30,32)/b29-21-. The third kappa shape index (κ3) is 7.63. The minimum atomic E-state index is -0.319. The molecule has 1 amide bonds. The van der Waals surface area contributed by atoms with Crippen molar-refractivity contribution in [2.45, 2.75) is 58.3 Å². The van der Waals surface area contributed by atoms with Crippen molar-refractivity contribution in [2.75, 3.05) is 6.61 Å². The maximum atomic E-state index is 12.4. The quantitative estimate of drug-likeness (QED) is 0.172. The molecule has 0 fully saturated rings. The Hall–Kier alpha value is -3.34. The second-order valence-electron chi connectivity index (χ2n) is 8.27. The summed E-state index contributed by atoms with van der Waals surface area (Å²) in [7, 11) is 0. The third-order valence-electron chi connectivity index (χ3n) is 5.69. The number of rotatable bonds is 13. The number of fused-ring (bicyclic) bond motifs is 1. The predicted molar refractivity (Wildman–Crippen MR) is 135 cm³/mol. The summed E-state index contributed by atoms with van der Waals surface area (Å²) in [6.07, 6.45) is 11.6. The minimum Gasteiger partial charge on any atom is -0.507 e. The summed E-state index contributed by atoms with van der Waals surface area (Å²) in [5, 5.41) is 16.1. The Morgan fingerprint density at radius 2 is 1.61 bits per heavy atom. The van der Waals surface area contributed by atoms with Crippen molar-refractivity contribution in [3.63, 3.8) is 0 Å². The van der Waals surface area contributed by atoms with Gasteiger partial charge in [-0.3, -0.25) is 4.79 Å². The Kier molecular flexibility index (Phi) is 9.77. The zero-order chi connectivity index (χ0) is 23.3. The average Bonchev–Trinajstić information content (AvgIpc) is 2.84. The Labute approximate surface area is 196 Å². The molecule has 5 heteroatoms. The van der Waals surface area contributed by atoms with Gasteiger partial charge in [0.1, 0.15) is 11.5 Å². The molecule has 0 unspecified atom stereocenters. The highest BCUT2D eigenvalue weighted by Gasteiger charge is 2.07. The van der Waals surface area contributed by atoms with Crippen molar-refractivity contribution in [1.29, 1.82) is 0 Å². The smallest absolute Gasteiger partial charge is 0.271 e. The zero-order valence-electron chi connectivity index (χ0n) is 19.4. The van der Waals surface area contributed by atoms with Gasteiger partial charge in [0.25, 0.3) is 5.91 Å². The van der Waals surface area contributed by atoms with Crippen LogP contribution in [-0.4, -0.2) is 23.8 Å². The van der Waals surface area contributed by atoms with E-state index in [0.29, 0.717) is 17.7 Å². The van der Waals surface area contributed by atoms with Crippen LogP contribution in [0.1, 0.15) is 74.2 Å². The first-order chi connectivity index (χ1) is 16.2. The van der Waals surface area contributed by atoms with Crippen molar-refractivity contribution in [1.82, 2.24) is 5.43 Å². The van der Waals surface area contributed by atoms with E-state index in [0.717, 1.165) is 22.9 Å². The van der Waals surface area contributed by atoms with Crippen LogP contribution in [0.5, 0.6) is 11.5 Å². The molecule has 5 nitrogen and oxygen atoms in total. The molecule has 0 aliphatic carbocycles. The topological polar surface area (TPSA) is 70.9 Å². The summed E-state index contributed by atoms with van der Waals surface area (Å²) in [4.78, 5) is 12.4. The van der Waals surface area contributed by atoms with Crippen LogP contribution in [-0.2, 0) is 0 Å². The third-order valence-corrected chi connectivity index (χ3v) is 5.69. The number of nitrogens with zero attached hydrogens (tertiary/aromatic N) is 1. The number of carbonyl (C=O) groups excluding carboxylic acids is 1. The summed E-state index contributed by atoms with van der Waals surface area (Å²) in [5.74, 6) is 0.559. The van der Waals surface area contributed by atoms with E-state index in [9.17, 15) is 9.90 Å². The van der Waals surface area contributed by atoms with Crippen molar-refractivity contribution >= 4 is 22.9 Å². The SMILES string of the molecule is CCCCCCCCCCOc1ccc(C(=O)N/N=C\c2c(O)ccc3ccccc23)cc1. The lowest BCUT2D eigenvalue weighted by molar-refractivity contribution is 0.0955. The molecule has 0 heterocycles. The van der Waals surface area contributed by atoms with Gasteiger partial charge in [0, 0.05) is 11.1 Å². The number of phenolic OH excluding ortho intramolecular Hbond substituents is 1. The van der Waals surface area contributed by atoms with E-state index in [-0.39, 0.29) is 11.7 Å². The first-order valence-electron chi connectivity index (χ1n) is 12.0. The van der Waals surface area contributed by atoms with Gasteiger partial charge in [-0.25, -0.2) is 5.43 Å². The Balaban J connectivity index is 1.42. The number of ether oxygens (including phenoxy) is 1. The number of phenols is 1. The zero-order valence-corrected chi connectivity index (χ0v) is 19.4. The van der Waals surface area contributed by atoms with Crippen LogP contribution < -0.4 is 10.2 Å². The van der Waals surface area contributed by atoms with Crippen molar-refractivity contribution in [3.8, 4) is 11.5 Å². The molecular formula is C28H34N2O3. The highest BCUT2D eigenvalue weighted by atomic mass is 16.5. The van der Waals surface area contributed by atoms with Crippen molar-refractivity contribution in [3.05, 3.63) is 71.8 Å². The predicted octanol–water partition coefficient (Wildman–Crippen LogP) is 6.83. The lowest BCUT2D eigenvalue weighted by Crippen LogP contribution is -2.17. The fraction of sp³-hybridized carbons (Fsp3) is 0.357. The second kappa shape index (κ2) is 13.3. The van der Waals surface area contributed by atoms with Gasteiger partial charge in [-0.1, -0.05) is 82.2 Å². The van der Waals surface area contributed by atoms with Crippen molar-refractivity contribution < 1.29 is 14.6 Å². The van der Waals surface area contributed by atoms with Gasteiger partial charge in [-0.05, 0) is 47.5 Å². The Morgan fingerprint density at radius 3 is 2.36 bits per heavy atom. The van der Waals surface area contributed by atoms with Gasteiger partial charge in [0.2, 0.25) is 0 Å². The highest BCUT2D eigenvalue weighted by Crippen LogP contribution is 2.25. The van der Waals surface area contributed by atoms with Gasteiger partial charge < -0.3 is 9.84 Å². The van der Waals surface area contributed by atoms with Crippen LogP contribution in [0, 0.1) is 0 Å².